The second-order valence-electron chi connectivity index (χ2n) is 4.47. The number of halogens is 1. The molecule has 2 heterocycles. The topological polar surface area (TPSA) is 63.4 Å². The summed E-state index contributed by atoms with van der Waals surface area (Å²) in [6.07, 6.45) is 0. The van der Waals surface area contributed by atoms with Gasteiger partial charge in [-0.05, 0) is 18.2 Å². The van der Waals surface area contributed by atoms with Crippen LogP contribution in [0.25, 0.3) is 11.5 Å². The molecule has 0 amide bonds. The van der Waals surface area contributed by atoms with Crippen LogP contribution in [-0.4, -0.2) is 43.5 Å². The number of methoxy groups -OCH3 is 1. The third-order valence-corrected chi connectivity index (χ3v) is 3.19. The lowest BCUT2D eigenvalue weighted by Crippen LogP contribution is -2.43. The Labute approximate surface area is 115 Å². The molecule has 6 nitrogen and oxygen atoms in total. The average Bonchev–Trinajstić information content (AvgIpc) is 2.98. The Kier molecular flexibility index (Phi) is 3.51. The van der Waals surface area contributed by atoms with E-state index in [0.717, 1.165) is 26.2 Å². The Balaban J connectivity index is 1.91. The van der Waals surface area contributed by atoms with E-state index in [4.69, 9.17) is 9.15 Å². The van der Waals surface area contributed by atoms with Crippen molar-refractivity contribution in [1.82, 2.24) is 15.5 Å². The van der Waals surface area contributed by atoms with Crippen molar-refractivity contribution >= 4 is 6.01 Å². The van der Waals surface area contributed by atoms with Crippen molar-refractivity contribution in [2.45, 2.75) is 0 Å². The van der Waals surface area contributed by atoms with E-state index in [0.29, 0.717) is 17.3 Å². The number of nitrogens with one attached hydrogen (secondary N) is 1. The third kappa shape index (κ3) is 2.44. The van der Waals surface area contributed by atoms with Crippen LogP contribution in [0.5, 0.6) is 5.75 Å². The first kappa shape index (κ1) is 12.9. The summed E-state index contributed by atoms with van der Waals surface area (Å²) >= 11 is 0. The highest BCUT2D eigenvalue weighted by Gasteiger charge is 2.19. The van der Waals surface area contributed by atoms with E-state index < -0.39 is 0 Å². The second kappa shape index (κ2) is 5.46. The van der Waals surface area contributed by atoms with Gasteiger partial charge in [-0.1, -0.05) is 5.10 Å². The summed E-state index contributed by atoms with van der Waals surface area (Å²) in [5.41, 5.74) is 0.460. The minimum Gasteiger partial charge on any atom is -0.496 e. The predicted molar refractivity (Wildman–Crippen MR) is 71.3 cm³/mol. The van der Waals surface area contributed by atoms with Crippen molar-refractivity contribution < 1.29 is 13.5 Å². The minimum atomic E-state index is -0.372. The number of piperazine rings is 1. The highest BCUT2D eigenvalue weighted by molar-refractivity contribution is 5.63. The van der Waals surface area contributed by atoms with Crippen LogP contribution in [0.15, 0.2) is 22.6 Å². The lowest BCUT2D eigenvalue weighted by Gasteiger charge is -2.24. The summed E-state index contributed by atoms with van der Waals surface area (Å²) in [5, 5.41) is 11.3. The summed E-state index contributed by atoms with van der Waals surface area (Å²) in [7, 11) is 1.52. The molecule has 1 N–H and O–H groups in total. The Morgan fingerprint density at radius 3 is 2.85 bits per heavy atom. The Morgan fingerprint density at radius 1 is 1.30 bits per heavy atom. The minimum absolute atomic E-state index is 0.259. The van der Waals surface area contributed by atoms with Crippen LogP contribution < -0.4 is 15.0 Å². The number of anilines is 1. The molecule has 1 aliphatic heterocycles. The maximum Gasteiger partial charge on any atom is 0.318 e. The molecular weight excluding hydrogens is 263 g/mol. The third-order valence-electron chi connectivity index (χ3n) is 3.19. The Morgan fingerprint density at radius 2 is 2.10 bits per heavy atom. The molecule has 1 aromatic heterocycles. The largest absolute Gasteiger partial charge is 0.496 e. The van der Waals surface area contributed by atoms with Gasteiger partial charge in [0.05, 0.1) is 12.7 Å². The highest BCUT2D eigenvalue weighted by atomic mass is 19.1. The molecule has 0 spiro atoms. The van der Waals surface area contributed by atoms with Gasteiger partial charge in [0, 0.05) is 26.2 Å². The van der Waals surface area contributed by atoms with E-state index in [1.165, 1.54) is 19.2 Å². The molecule has 0 radical (unpaired) electrons. The number of nitrogens with zero attached hydrogens (tertiary/aromatic N) is 3. The van der Waals surface area contributed by atoms with Gasteiger partial charge in [0.2, 0.25) is 0 Å². The molecular formula is C13H15FN4O2. The number of hydrogen-bond acceptors (Lipinski definition) is 6. The number of hydrogen-bond donors (Lipinski definition) is 1. The molecule has 106 valence electrons. The van der Waals surface area contributed by atoms with E-state index in [-0.39, 0.29) is 11.7 Å². The molecule has 1 aliphatic rings. The molecule has 1 saturated heterocycles. The molecule has 1 fully saturated rings. The van der Waals surface area contributed by atoms with E-state index in [1.807, 2.05) is 4.90 Å². The van der Waals surface area contributed by atoms with E-state index in [2.05, 4.69) is 15.5 Å². The van der Waals surface area contributed by atoms with Crippen LogP contribution in [0.3, 0.4) is 0 Å². The number of rotatable bonds is 3. The predicted octanol–water partition coefficient (Wildman–Crippen LogP) is 1.29. The van der Waals surface area contributed by atoms with E-state index in [9.17, 15) is 4.39 Å². The van der Waals surface area contributed by atoms with Crippen molar-refractivity contribution in [2.75, 3.05) is 38.2 Å². The molecule has 7 heteroatoms. The quantitative estimate of drug-likeness (QED) is 0.913. The van der Waals surface area contributed by atoms with Gasteiger partial charge in [0.1, 0.15) is 11.6 Å². The zero-order chi connectivity index (χ0) is 13.9. The fraction of sp³-hybridized carbons (Fsp3) is 0.385. The van der Waals surface area contributed by atoms with Crippen LogP contribution in [0, 0.1) is 5.82 Å². The van der Waals surface area contributed by atoms with Gasteiger partial charge in [0.25, 0.3) is 5.89 Å². The summed E-state index contributed by atoms with van der Waals surface area (Å²) in [5.74, 6) is 0.388. The van der Waals surface area contributed by atoms with Crippen LogP contribution >= 0.6 is 0 Å². The van der Waals surface area contributed by atoms with Gasteiger partial charge in [-0.15, -0.1) is 5.10 Å². The molecule has 1 aromatic carbocycles. The van der Waals surface area contributed by atoms with Crippen molar-refractivity contribution in [1.29, 1.82) is 0 Å². The van der Waals surface area contributed by atoms with Crippen LogP contribution in [0.2, 0.25) is 0 Å². The zero-order valence-corrected chi connectivity index (χ0v) is 11.1. The summed E-state index contributed by atoms with van der Waals surface area (Å²) < 4.78 is 24.2. The average molecular weight is 278 g/mol. The highest BCUT2D eigenvalue weighted by Crippen LogP contribution is 2.31. The SMILES string of the molecule is COc1ccc(F)cc1-c1nnc(N2CCNCC2)o1. The first-order valence-corrected chi connectivity index (χ1v) is 6.41. The summed E-state index contributed by atoms with van der Waals surface area (Å²) in [6, 6.07) is 4.65. The zero-order valence-electron chi connectivity index (χ0n) is 11.1. The molecule has 0 atom stereocenters. The molecule has 0 saturated carbocycles. The lowest BCUT2D eigenvalue weighted by molar-refractivity contribution is 0.413. The van der Waals surface area contributed by atoms with Crippen LogP contribution in [0.4, 0.5) is 10.4 Å². The van der Waals surface area contributed by atoms with Crippen LogP contribution in [0.1, 0.15) is 0 Å². The Hall–Kier alpha value is -2.15. The smallest absolute Gasteiger partial charge is 0.318 e. The van der Waals surface area contributed by atoms with Gasteiger partial charge >= 0.3 is 6.01 Å². The van der Waals surface area contributed by atoms with Crippen LogP contribution in [-0.2, 0) is 0 Å². The first-order chi connectivity index (χ1) is 9.78. The normalized spacial score (nSPS) is 15.4. The van der Waals surface area contributed by atoms with Gasteiger partial charge < -0.3 is 19.4 Å². The van der Waals surface area contributed by atoms with E-state index in [1.54, 1.807) is 6.07 Å². The van der Waals surface area contributed by atoms with Gasteiger partial charge in [-0.25, -0.2) is 4.39 Å². The second-order valence-corrected chi connectivity index (χ2v) is 4.47. The maximum absolute atomic E-state index is 13.4. The molecule has 20 heavy (non-hydrogen) atoms. The molecule has 0 bridgehead atoms. The maximum atomic E-state index is 13.4. The molecule has 0 aliphatic carbocycles. The molecule has 3 rings (SSSR count). The van der Waals surface area contributed by atoms with Gasteiger partial charge in [0.15, 0.2) is 0 Å². The van der Waals surface area contributed by atoms with Crippen molar-refractivity contribution in [3.05, 3.63) is 24.0 Å². The fourth-order valence-corrected chi connectivity index (χ4v) is 2.16. The monoisotopic (exact) mass is 278 g/mol. The van der Waals surface area contributed by atoms with Crippen molar-refractivity contribution in [3.63, 3.8) is 0 Å². The lowest BCUT2D eigenvalue weighted by atomic mass is 10.2. The van der Waals surface area contributed by atoms with Crippen molar-refractivity contribution in [2.24, 2.45) is 0 Å². The standard InChI is InChI=1S/C13H15FN4O2/c1-19-11-3-2-9(14)8-10(11)12-16-17-13(20-12)18-6-4-15-5-7-18/h2-3,8,15H,4-7H2,1H3. The van der Waals surface area contributed by atoms with Gasteiger partial charge in [-0.2, -0.15) is 0 Å². The first-order valence-electron chi connectivity index (χ1n) is 6.41. The fourth-order valence-electron chi connectivity index (χ4n) is 2.16. The molecule has 2 aromatic rings. The molecule has 0 unspecified atom stereocenters. The summed E-state index contributed by atoms with van der Waals surface area (Å²) in [6.45, 7) is 3.37. The number of aromatic nitrogens is 2. The number of ether oxygens (including phenoxy) is 1. The summed E-state index contributed by atoms with van der Waals surface area (Å²) in [4.78, 5) is 2.00. The van der Waals surface area contributed by atoms with Gasteiger partial charge in [-0.3, -0.25) is 0 Å². The Bertz CT molecular complexity index is 596. The number of benzene rings is 1. The van der Waals surface area contributed by atoms with Crippen molar-refractivity contribution in [3.8, 4) is 17.2 Å². The van der Waals surface area contributed by atoms with E-state index >= 15 is 0 Å².